The van der Waals surface area contributed by atoms with Crippen LogP contribution >= 0.6 is 0 Å². The number of Topliss-reactive ketones (excluding diaryl/α,β-unsaturated/α-hetero) is 1. The summed E-state index contributed by atoms with van der Waals surface area (Å²) in [4.78, 5) is 11.6. The average Bonchev–Trinajstić information content (AvgIpc) is 2.47. The highest BCUT2D eigenvalue weighted by Crippen LogP contribution is 2.21. The lowest BCUT2D eigenvalue weighted by molar-refractivity contribution is -0.130. The Bertz CT molecular complexity index is 177. The highest BCUT2D eigenvalue weighted by molar-refractivity contribution is 5.83. The summed E-state index contributed by atoms with van der Waals surface area (Å²) in [6.45, 7) is 6.75. The van der Waals surface area contributed by atoms with Gasteiger partial charge in [-0.15, -0.1) is 0 Å². The SMILES string of the molecule is CC(C)OCC(=O)C1CCOC1C. The van der Waals surface area contributed by atoms with Gasteiger partial charge in [0.05, 0.1) is 12.2 Å². The summed E-state index contributed by atoms with van der Waals surface area (Å²) in [7, 11) is 0. The van der Waals surface area contributed by atoms with E-state index in [0.717, 1.165) is 6.42 Å². The summed E-state index contributed by atoms with van der Waals surface area (Å²) in [5, 5.41) is 0. The molecule has 76 valence electrons. The summed E-state index contributed by atoms with van der Waals surface area (Å²) in [6, 6.07) is 0. The smallest absolute Gasteiger partial charge is 0.164 e. The van der Waals surface area contributed by atoms with E-state index in [2.05, 4.69) is 0 Å². The molecule has 1 heterocycles. The minimum Gasteiger partial charge on any atom is -0.378 e. The van der Waals surface area contributed by atoms with Gasteiger partial charge in [-0.1, -0.05) is 0 Å². The molecule has 0 aromatic carbocycles. The van der Waals surface area contributed by atoms with Gasteiger partial charge in [-0.25, -0.2) is 0 Å². The molecule has 3 nitrogen and oxygen atoms in total. The zero-order chi connectivity index (χ0) is 9.84. The summed E-state index contributed by atoms with van der Waals surface area (Å²) in [6.07, 6.45) is 1.05. The van der Waals surface area contributed by atoms with Crippen molar-refractivity contribution in [3.8, 4) is 0 Å². The van der Waals surface area contributed by atoms with E-state index < -0.39 is 0 Å². The Kier molecular flexibility index (Phi) is 3.88. The minimum absolute atomic E-state index is 0.0544. The van der Waals surface area contributed by atoms with Crippen LogP contribution in [-0.2, 0) is 14.3 Å². The Morgan fingerprint density at radius 3 is 2.77 bits per heavy atom. The monoisotopic (exact) mass is 186 g/mol. The second-order valence-electron chi connectivity index (χ2n) is 3.80. The van der Waals surface area contributed by atoms with E-state index in [1.54, 1.807) is 0 Å². The van der Waals surface area contributed by atoms with Crippen molar-refractivity contribution in [3.05, 3.63) is 0 Å². The fraction of sp³-hybridized carbons (Fsp3) is 0.900. The van der Waals surface area contributed by atoms with Gasteiger partial charge in [-0.3, -0.25) is 4.79 Å². The van der Waals surface area contributed by atoms with Crippen LogP contribution in [0.15, 0.2) is 0 Å². The predicted octanol–water partition coefficient (Wildman–Crippen LogP) is 1.41. The molecule has 2 unspecified atom stereocenters. The highest BCUT2D eigenvalue weighted by Gasteiger charge is 2.30. The predicted molar refractivity (Wildman–Crippen MR) is 49.6 cm³/mol. The molecule has 13 heavy (non-hydrogen) atoms. The Hall–Kier alpha value is -0.410. The Labute approximate surface area is 79.4 Å². The van der Waals surface area contributed by atoms with Crippen molar-refractivity contribution in [2.45, 2.75) is 39.4 Å². The van der Waals surface area contributed by atoms with Gasteiger partial charge in [0.1, 0.15) is 6.61 Å². The summed E-state index contributed by atoms with van der Waals surface area (Å²) in [5.41, 5.74) is 0. The van der Waals surface area contributed by atoms with Gasteiger partial charge in [0.15, 0.2) is 5.78 Å². The second kappa shape index (κ2) is 4.72. The molecule has 0 amide bonds. The van der Waals surface area contributed by atoms with Gasteiger partial charge >= 0.3 is 0 Å². The molecule has 1 aliphatic rings. The van der Waals surface area contributed by atoms with E-state index in [-0.39, 0.29) is 30.5 Å². The van der Waals surface area contributed by atoms with E-state index in [1.807, 2.05) is 20.8 Å². The molecule has 1 saturated heterocycles. The molecule has 0 N–H and O–H groups in total. The fourth-order valence-electron chi connectivity index (χ4n) is 1.51. The first-order valence-corrected chi connectivity index (χ1v) is 4.87. The lowest BCUT2D eigenvalue weighted by atomic mass is 9.98. The minimum atomic E-state index is 0.0544. The summed E-state index contributed by atoms with van der Waals surface area (Å²) in [5.74, 6) is 0.234. The van der Waals surface area contributed by atoms with Crippen molar-refractivity contribution < 1.29 is 14.3 Å². The van der Waals surface area contributed by atoms with E-state index in [4.69, 9.17) is 9.47 Å². The van der Waals surface area contributed by atoms with E-state index >= 15 is 0 Å². The molecule has 1 rings (SSSR count). The molecule has 0 aromatic rings. The van der Waals surface area contributed by atoms with Crippen molar-refractivity contribution >= 4 is 5.78 Å². The topological polar surface area (TPSA) is 35.5 Å². The van der Waals surface area contributed by atoms with Crippen molar-refractivity contribution in [1.29, 1.82) is 0 Å². The van der Waals surface area contributed by atoms with Crippen LogP contribution in [0.3, 0.4) is 0 Å². The highest BCUT2D eigenvalue weighted by atomic mass is 16.5. The van der Waals surface area contributed by atoms with Crippen molar-refractivity contribution in [2.75, 3.05) is 13.2 Å². The van der Waals surface area contributed by atoms with Gasteiger partial charge in [0.25, 0.3) is 0 Å². The summed E-state index contributed by atoms with van der Waals surface area (Å²) < 4.78 is 10.6. The van der Waals surface area contributed by atoms with Gasteiger partial charge in [0, 0.05) is 12.5 Å². The number of rotatable bonds is 4. The largest absolute Gasteiger partial charge is 0.378 e. The Balaban J connectivity index is 2.30. The second-order valence-corrected chi connectivity index (χ2v) is 3.80. The van der Waals surface area contributed by atoms with Crippen molar-refractivity contribution in [2.24, 2.45) is 5.92 Å². The number of hydrogen-bond donors (Lipinski definition) is 0. The van der Waals surface area contributed by atoms with E-state index in [0.29, 0.717) is 6.61 Å². The third-order valence-corrected chi connectivity index (χ3v) is 2.35. The molecule has 0 bridgehead atoms. The quantitative estimate of drug-likeness (QED) is 0.666. The Morgan fingerprint density at radius 1 is 1.62 bits per heavy atom. The first kappa shape index (κ1) is 10.7. The van der Waals surface area contributed by atoms with E-state index in [9.17, 15) is 4.79 Å². The first-order chi connectivity index (χ1) is 6.11. The number of ketones is 1. The van der Waals surface area contributed by atoms with Crippen LogP contribution in [0, 0.1) is 5.92 Å². The molecule has 1 aliphatic heterocycles. The fourth-order valence-corrected chi connectivity index (χ4v) is 1.51. The maximum Gasteiger partial charge on any atom is 0.164 e. The lowest BCUT2D eigenvalue weighted by Crippen LogP contribution is -2.26. The maximum atomic E-state index is 11.6. The van der Waals surface area contributed by atoms with Crippen molar-refractivity contribution in [1.82, 2.24) is 0 Å². The molecule has 0 spiro atoms. The maximum absolute atomic E-state index is 11.6. The van der Waals surface area contributed by atoms with Gasteiger partial charge < -0.3 is 9.47 Å². The zero-order valence-electron chi connectivity index (χ0n) is 8.58. The van der Waals surface area contributed by atoms with Crippen LogP contribution < -0.4 is 0 Å². The van der Waals surface area contributed by atoms with Crippen LogP contribution in [0.1, 0.15) is 27.2 Å². The third kappa shape index (κ3) is 3.08. The van der Waals surface area contributed by atoms with Crippen LogP contribution in [0.25, 0.3) is 0 Å². The lowest BCUT2D eigenvalue weighted by Gasteiger charge is -2.13. The molecule has 0 aliphatic carbocycles. The normalized spacial score (nSPS) is 28.3. The van der Waals surface area contributed by atoms with E-state index in [1.165, 1.54) is 0 Å². The zero-order valence-corrected chi connectivity index (χ0v) is 8.58. The van der Waals surface area contributed by atoms with Gasteiger partial charge in [-0.05, 0) is 27.2 Å². The number of carbonyl (C=O) groups excluding carboxylic acids is 1. The molecule has 2 atom stereocenters. The molecule has 0 radical (unpaired) electrons. The molecule has 0 saturated carbocycles. The van der Waals surface area contributed by atoms with Gasteiger partial charge in [-0.2, -0.15) is 0 Å². The number of carbonyl (C=O) groups is 1. The van der Waals surface area contributed by atoms with Crippen LogP contribution in [-0.4, -0.2) is 31.2 Å². The standard InChI is InChI=1S/C10H18O3/c1-7(2)13-6-10(11)9-4-5-12-8(9)3/h7-9H,4-6H2,1-3H3. The number of hydrogen-bond acceptors (Lipinski definition) is 3. The molecule has 0 aromatic heterocycles. The molecule has 3 heteroatoms. The van der Waals surface area contributed by atoms with Gasteiger partial charge in [0.2, 0.25) is 0 Å². The summed E-state index contributed by atoms with van der Waals surface area (Å²) >= 11 is 0. The number of ether oxygens (including phenoxy) is 2. The molecule has 1 fully saturated rings. The Morgan fingerprint density at radius 2 is 2.31 bits per heavy atom. The first-order valence-electron chi connectivity index (χ1n) is 4.87. The van der Waals surface area contributed by atoms with Crippen molar-refractivity contribution in [3.63, 3.8) is 0 Å². The molecular formula is C10H18O3. The average molecular weight is 186 g/mol. The third-order valence-electron chi connectivity index (χ3n) is 2.35. The van der Waals surface area contributed by atoms with Crippen LogP contribution in [0.5, 0.6) is 0 Å². The molecular weight excluding hydrogens is 168 g/mol. The van der Waals surface area contributed by atoms with Crippen LogP contribution in [0.4, 0.5) is 0 Å². The van der Waals surface area contributed by atoms with Crippen LogP contribution in [0.2, 0.25) is 0 Å².